The number of aromatic nitrogens is 2. The molecule has 0 radical (unpaired) electrons. The van der Waals surface area contributed by atoms with Crippen LogP contribution in [-0.4, -0.2) is 14.8 Å². The van der Waals surface area contributed by atoms with Crippen LogP contribution in [0.5, 0.6) is 0 Å². The second-order valence-corrected chi connectivity index (χ2v) is 10.2. The summed E-state index contributed by atoms with van der Waals surface area (Å²) in [7, 11) is 0. The van der Waals surface area contributed by atoms with Crippen LogP contribution in [0.1, 0.15) is 36.8 Å². The smallest absolute Gasteiger partial charge is 0.789 e. The number of nitrogens with zero attached hydrogens (tertiary/aromatic N) is 2. The molecule has 0 saturated carbocycles. The summed E-state index contributed by atoms with van der Waals surface area (Å²) in [5.41, 5.74) is 7.51. The molecule has 36 heavy (non-hydrogen) atoms. The predicted octanol–water partition coefficient (Wildman–Crippen LogP) is 7.55. The molecule has 0 saturated heterocycles. The summed E-state index contributed by atoms with van der Waals surface area (Å²) in [5.74, 6) is 1.03. The number of hydrogen-bond donors (Lipinski definition) is 0. The molecule has 0 aliphatic heterocycles. The van der Waals surface area contributed by atoms with Crippen molar-refractivity contribution in [1.29, 1.82) is 0 Å². The molecule has 2 unspecified atom stereocenters. The molecule has 6 aromatic rings. The zero-order valence-electron chi connectivity index (χ0n) is 19.8. The van der Waals surface area contributed by atoms with Crippen molar-refractivity contribution in [2.75, 3.05) is 0 Å². The van der Waals surface area contributed by atoms with Crippen molar-refractivity contribution in [2.24, 2.45) is 0 Å². The Kier molecular flexibility index (Phi) is 5.95. The van der Waals surface area contributed by atoms with E-state index in [1.54, 1.807) is 0 Å². The van der Waals surface area contributed by atoms with E-state index in [1.807, 2.05) is 36.5 Å². The van der Waals surface area contributed by atoms with Crippen molar-refractivity contribution >= 4 is 45.4 Å². The van der Waals surface area contributed by atoms with Crippen LogP contribution in [0.4, 0.5) is 0 Å². The number of para-hydroxylation sites is 1. The third kappa shape index (κ3) is 3.61. The summed E-state index contributed by atoms with van der Waals surface area (Å²) in [6, 6.07) is 30.3. The van der Waals surface area contributed by atoms with E-state index in [-0.39, 0.29) is 22.3 Å². The summed E-state index contributed by atoms with van der Waals surface area (Å²) >= 11 is 5.74. The molecule has 0 fully saturated rings. The van der Waals surface area contributed by atoms with Crippen LogP contribution < -0.4 is 0 Å². The molecule has 0 bridgehead atoms. The van der Waals surface area contributed by atoms with Crippen LogP contribution in [0.25, 0.3) is 49.9 Å². The van der Waals surface area contributed by atoms with Gasteiger partial charge in [-0.15, -0.1) is 22.9 Å². The van der Waals surface area contributed by atoms with Crippen molar-refractivity contribution in [3.8, 4) is 17.1 Å². The Bertz CT molecular complexity index is 1720. The summed E-state index contributed by atoms with van der Waals surface area (Å²) < 4.78 is 8.62. The molecule has 1 aliphatic rings. The van der Waals surface area contributed by atoms with E-state index < -0.39 is 0 Å². The Morgan fingerprint density at radius 3 is 2.72 bits per heavy atom. The molecule has 1 aliphatic carbocycles. The zero-order chi connectivity index (χ0) is 23.5. The molecule has 0 spiro atoms. The number of benzene rings is 3. The maximum Gasteiger partial charge on any atom is 3.00 e. The zero-order valence-corrected chi connectivity index (χ0v) is 21.8. The molecule has 3 nitrogen and oxygen atoms in total. The quantitative estimate of drug-likeness (QED) is 0.136. The molecular formula is C31H23MnN2OS. The summed E-state index contributed by atoms with van der Waals surface area (Å²) in [6.45, 7) is 2.15. The van der Waals surface area contributed by atoms with E-state index in [0.717, 1.165) is 46.1 Å². The molecule has 3 aromatic carbocycles. The van der Waals surface area contributed by atoms with E-state index in [1.165, 1.54) is 28.3 Å². The van der Waals surface area contributed by atoms with Crippen LogP contribution >= 0.6 is 0 Å². The van der Waals surface area contributed by atoms with E-state index >= 15 is 0 Å². The van der Waals surface area contributed by atoms with Gasteiger partial charge < -0.3 is 21.6 Å². The maximum absolute atomic E-state index is 6.45. The number of pyridine rings is 1. The minimum atomic E-state index is 0. The summed E-state index contributed by atoms with van der Waals surface area (Å²) in [6.07, 6.45) is 5.22. The Morgan fingerprint density at radius 1 is 1.03 bits per heavy atom. The molecule has 0 N–H and O–H groups in total. The molecular weight excluding hydrogens is 503 g/mol. The van der Waals surface area contributed by atoms with Crippen LogP contribution in [0.2, 0.25) is 0 Å². The molecule has 7 rings (SSSR count). The van der Waals surface area contributed by atoms with Gasteiger partial charge in [0.25, 0.3) is 0 Å². The first-order valence-corrected chi connectivity index (χ1v) is 12.7. The fraction of sp³-hybridized carbons (Fsp3) is 0.194. The van der Waals surface area contributed by atoms with Crippen molar-refractivity contribution < 1.29 is 21.5 Å². The van der Waals surface area contributed by atoms with E-state index in [4.69, 9.17) is 17.0 Å². The maximum atomic E-state index is 6.45. The van der Waals surface area contributed by atoms with Crippen molar-refractivity contribution in [1.82, 2.24) is 9.55 Å². The average molecular weight is 527 g/mol. The van der Waals surface area contributed by atoms with Crippen LogP contribution in [0.3, 0.4) is 0 Å². The van der Waals surface area contributed by atoms with E-state index in [2.05, 4.69) is 65.0 Å². The second kappa shape index (κ2) is 9.15. The van der Waals surface area contributed by atoms with Gasteiger partial charge in [-0.25, -0.2) is 0 Å². The number of fused-ring (bicyclic) bond motifs is 5. The van der Waals surface area contributed by atoms with Crippen molar-refractivity contribution in [2.45, 2.75) is 37.4 Å². The fourth-order valence-electron chi connectivity index (χ4n) is 5.69. The topological polar surface area (TPSA) is 31.0 Å². The van der Waals surface area contributed by atoms with Crippen LogP contribution in [0, 0.1) is 12.1 Å². The number of hydrogen-bond acceptors (Lipinski definition) is 3. The van der Waals surface area contributed by atoms with Gasteiger partial charge in [-0.1, -0.05) is 79.6 Å². The minimum absolute atomic E-state index is 0. The first-order valence-electron chi connectivity index (χ1n) is 12.2. The second-order valence-electron chi connectivity index (χ2n) is 9.45. The molecule has 5 heteroatoms. The largest absolute Gasteiger partial charge is 3.00 e. The van der Waals surface area contributed by atoms with Gasteiger partial charge in [0.05, 0.1) is 0 Å². The molecule has 3 heterocycles. The van der Waals surface area contributed by atoms with Gasteiger partial charge in [0, 0.05) is 23.0 Å². The third-order valence-electron chi connectivity index (χ3n) is 7.34. The SMILES string of the molecule is CC([S-])C1CCCc2cc3c4ccccc4n(-c4[c-]c5c(-c6ccccn6)cccc5o4)c3[c-]c21.[Mn+3]. The molecule has 2 atom stereocenters. The van der Waals surface area contributed by atoms with Crippen LogP contribution in [-0.2, 0) is 36.1 Å². The van der Waals surface area contributed by atoms with Crippen molar-refractivity contribution in [3.05, 3.63) is 96.2 Å². The molecule has 0 amide bonds. The molecule has 3 aromatic heterocycles. The minimum Gasteiger partial charge on any atom is -0.789 e. The van der Waals surface area contributed by atoms with Gasteiger partial charge in [0.1, 0.15) is 5.88 Å². The normalized spacial score (nSPS) is 16.2. The first kappa shape index (κ1) is 23.4. The van der Waals surface area contributed by atoms with Crippen molar-refractivity contribution in [3.63, 3.8) is 0 Å². The van der Waals surface area contributed by atoms with Gasteiger partial charge in [0.2, 0.25) is 0 Å². The van der Waals surface area contributed by atoms with Gasteiger partial charge in [-0.05, 0) is 23.6 Å². The number of rotatable bonds is 3. The van der Waals surface area contributed by atoms with E-state index in [9.17, 15) is 0 Å². The fourth-order valence-corrected chi connectivity index (χ4v) is 5.96. The van der Waals surface area contributed by atoms with Gasteiger partial charge in [-0.3, -0.25) is 4.98 Å². The van der Waals surface area contributed by atoms with Gasteiger partial charge >= 0.3 is 17.1 Å². The van der Waals surface area contributed by atoms with E-state index in [0.29, 0.717) is 11.8 Å². The third-order valence-corrected chi connectivity index (χ3v) is 7.67. The Morgan fingerprint density at radius 2 is 1.89 bits per heavy atom. The molecule has 176 valence electrons. The van der Waals surface area contributed by atoms with Gasteiger partial charge in [-0.2, -0.15) is 28.5 Å². The summed E-state index contributed by atoms with van der Waals surface area (Å²) in [4.78, 5) is 4.56. The van der Waals surface area contributed by atoms with Crippen LogP contribution in [0.15, 0.2) is 77.3 Å². The first-order chi connectivity index (χ1) is 17.2. The number of aryl methyl sites for hydroxylation is 1. The Labute approximate surface area is 226 Å². The Hall–Kier alpha value is -2.98. The summed E-state index contributed by atoms with van der Waals surface area (Å²) in [5, 5.41) is 3.52. The monoisotopic (exact) mass is 526 g/mol. The average Bonchev–Trinajstić information content (AvgIpc) is 3.46. The number of furan rings is 1. The van der Waals surface area contributed by atoms with Gasteiger partial charge in [0.15, 0.2) is 0 Å². The standard InChI is InChI=1S/C31H24N2OS.Mn/c1-19(35)21-10-6-8-20-16-25-23-9-2-3-13-28(23)33(29(25)17-24(20)21)31-18-26-22(11-7-14-30(26)34-31)27-12-4-5-15-32-27;/h2-5,7,9,11-16,19,21,35H,6,8,10H2,1H3;/q-2;+3/p-1. The predicted molar refractivity (Wildman–Crippen MR) is 144 cm³/mol. The Balaban J connectivity index is 0.00000240.